The summed E-state index contributed by atoms with van der Waals surface area (Å²) >= 11 is 5.85. The number of aryl methyl sites for hydroxylation is 1. The summed E-state index contributed by atoms with van der Waals surface area (Å²) in [7, 11) is 1.43. The molecule has 1 aromatic carbocycles. The highest BCUT2D eigenvalue weighted by Gasteiger charge is 2.07. The maximum atomic E-state index is 11.7. The number of aromatic amines is 1. The van der Waals surface area contributed by atoms with Crippen molar-refractivity contribution in [2.75, 3.05) is 0 Å². The summed E-state index contributed by atoms with van der Waals surface area (Å²) < 4.78 is 1.03. The van der Waals surface area contributed by atoms with Crippen molar-refractivity contribution in [3.63, 3.8) is 0 Å². The van der Waals surface area contributed by atoms with E-state index in [2.05, 4.69) is 4.98 Å². The Morgan fingerprint density at radius 2 is 2.00 bits per heavy atom. The standard InChI is InChI=1S/C10H9ClN2O2/c1-5-3-6(11)4-7-8(5)12-10(15)13(2)9(7)14/h3-4H,1-2H3,(H,12,15). The normalized spacial score (nSPS) is 10.9. The highest BCUT2D eigenvalue weighted by Crippen LogP contribution is 2.18. The first-order valence-corrected chi connectivity index (χ1v) is 4.77. The Bertz CT molecular complexity index is 655. The third-order valence-corrected chi connectivity index (χ3v) is 2.59. The summed E-state index contributed by atoms with van der Waals surface area (Å²) in [5.41, 5.74) is 0.581. The Morgan fingerprint density at radius 3 is 2.67 bits per heavy atom. The first-order chi connectivity index (χ1) is 7.00. The number of benzene rings is 1. The van der Waals surface area contributed by atoms with Crippen molar-refractivity contribution in [1.82, 2.24) is 9.55 Å². The van der Waals surface area contributed by atoms with Crippen LogP contribution < -0.4 is 11.2 Å². The molecule has 0 unspecified atom stereocenters. The van der Waals surface area contributed by atoms with Gasteiger partial charge >= 0.3 is 5.69 Å². The van der Waals surface area contributed by atoms with Gasteiger partial charge in [-0.1, -0.05) is 11.6 Å². The molecular formula is C10H9ClN2O2. The highest BCUT2D eigenvalue weighted by molar-refractivity contribution is 6.31. The molecule has 0 saturated heterocycles. The fourth-order valence-corrected chi connectivity index (χ4v) is 1.81. The van der Waals surface area contributed by atoms with Gasteiger partial charge in [-0.15, -0.1) is 0 Å². The van der Waals surface area contributed by atoms with Crippen LogP contribution in [0.15, 0.2) is 21.7 Å². The van der Waals surface area contributed by atoms with Crippen LogP contribution in [-0.2, 0) is 7.05 Å². The van der Waals surface area contributed by atoms with Crippen molar-refractivity contribution in [1.29, 1.82) is 0 Å². The van der Waals surface area contributed by atoms with Gasteiger partial charge in [0.05, 0.1) is 10.9 Å². The second-order valence-electron chi connectivity index (χ2n) is 3.44. The fraction of sp³-hybridized carbons (Fsp3) is 0.200. The third-order valence-electron chi connectivity index (χ3n) is 2.37. The summed E-state index contributed by atoms with van der Waals surface area (Å²) in [6, 6.07) is 3.27. The SMILES string of the molecule is Cc1cc(Cl)cc2c(=O)n(C)c(=O)[nH]c12. The number of aromatic nitrogens is 2. The predicted octanol–water partition coefficient (Wildman–Crippen LogP) is 1.19. The Hall–Kier alpha value is -1.55. The average Bonchev–Trinajstić information content (AvgIpc) is 2.17. The summed E-state index contributed by atoms with van der Waals surface area (Å²) in [4.78, 5) is 25.7. The van der Waals surface area contributed by atoms with Crippen LogP contribution in [0.2, 0.25) is 5.02 Å². The molecule has 0 atom stereocenters. The van der Waals surface area contributed by atoms with Crippen LogP contribution in [0.3, 0.4) is 0 Å². The molecule has 0 fully saturated rings. The van der Waals surface area contributed by atoms with Crippen molar-refractivity contribution in [3.8, 4) is 0 Å². The number of hydrogen-bond donors (Lipinski definition) is 1. The van der Waals surface area contributed by atoms with Gasteiger partial charge in [0.1, 0.15) is 0 Å². The van der Waals surface area contributed by atoms with Crippen molar-refractivity contribution < 1.29 is 0 Å². The molecule has 78 valence electrons. The monoisotopic (exact) mass is 224 g/mol. The molecule has 0 saturated carbocycles. The van der Waals surface area contributed by atoms with Crippen LogP contribution in [0.5, 0.6) is 0 Å². The zero-order chi connectivity index (χ0) is 11.2. The molecule has 1 N–H and O–H groups in total. The number of rotatable bonds is 0. The molecule has 0 aliphatic carbocycles. The van der Waals surface area contributed by atoms with Crippen LogP contribution in [0, 0.1) is 6.92 Å². The molecule has 0 radical (unpaired) electrons. The van der Waals surface area contributed by atoms with Gasteiger partial charge in [0, 0.05) is 12.1 Å². The van der Waals surface area contributed by atoms with E-state index < -0.39 is 5.69 Å². The molecule has 0 aliphatic heterocycles. The van der Waals surface area contributed by atoms with E-state index in [4.69, 9.17) is 11.6 Å². The third kappa shape index (κ3) is 1.47. The van der Waals surface area contributed by atoms with E-state index in [9.17, 15) is 9.59 Å². The largest absolute Gasteiger partial charge is 0.328 e. The van der Waals surface area contributed by atoms with Gasteiger partial charge in [-0.25, -0.2) is 4.79 Å². The molecule has 5 heteroatoms. The van der Waals surface area contributed by atoms with Crippen molar-refractivity contribution in [2.45, 2.75) is 6.92 Å². The minimum absolute atomic E-state index is 0.334. The van der Waals surface area contributed by atoms with Crippen LogP contribution >= 0.6 is 11.6 Å². The zero-order valence-electron chi connectivity index (χ0n) is 8.30. The lowest BCUT2D eigenvalue weighted by molar-refractivity contribution is 0.793. The van der Waals surface area contributed by atoms with E-state index in [1.165, 1.54) is 7.05 Å². The molecule has 0 bridgehead atoms. The maximum absolute atomic E-state index is 11.7. The topological polar surface area (TPSA) is 54.9 Å². The minimum Gasteiger partial charge on any atom is -0.306 e. The average molecular weight is 225 g/mol. The first-order valence-electron chi connectivity index (χ1n) is 4.40. The Balaban J connectivity index is 3.13. The van der Waals surface area contributed by atoms with Gasteiger partial charge in [-0.3, -0.25) is 9.36 Å². The molecule has 0 aliphatic rings. The number of halogens is 1. The van der Waals surface area contributed by atoms with Gasteiger partial charge in [-0.05, 0) is 24.6 Å². The van der Waals surface area contributed by atoms with Crippen LogP contribution in [0.4, 0.5) is 0 Å². The second kappa shape index (κ2) is 3.24. The van der Waals surface area contributed by atoms with Gasteiger partial charge in [0.25, 0.3) is 5.56 Å². The zero-order valence-corrected chi connectivity index (χ0v) is 9.05. The minimum atomic E-state index is -0.419. The molecule has 2 rings (SSSR count). The molecular weight excluding hydrogens is 216 g/mol. The van der Waals surface area contributed by atoms with E-state index in [0.29, 0.717) is 15.9 Å². The molecule has 0 spiro atoms. The number of nitrogens with one attached hydrogen (secondary N) is 1. The quantitative estimate of drug-likeness (QED) is 0.731. The van der Waals surface area contributed by atoms with Crippen LogP contribution in [0.1, 0.15) is 5.56 Å². The number of nitrogens with zero attached hydrogens (tertiary/aromatic N) is 1. The second-order valence-corrected chi connectivity index (χ2v) is 3.88. The van der Waals surface area contributed by atoms with Gasteiger partial charge in [0.2, 0.25) is 0 Å². The van der Waals surface area contributed by atoms with Crippen molar-refractivity contribution >= 4 is 22.5 Å². The molecule has 15 heavy (non-hydrogen) atoms. The molecule has 1 aromatic heterocycles. The van der Waals surface area contributed by atoms with E-state index in [0.717, 1.165) is 10.1 Å². The van der Waals surface area contributed by atoms with E-state index >= 15 is 0 Å². The number of fused-ring (bicyclic) bond motifs is 1. The van der Waals surface area contributed by atoms with E-state index in [1.54, 1.807) is 19.1 Å². The maximum Gasteiger partial charge on any atom is 0.328 e. The Labute approximate surface area is 90.1 Å². The Morgan fingerprint density at radius 1 is 1.33 bits per heavy atom. The summed E-state index contributed by atoms with van der Waals surface area (Å²) in [5, 5.41) is 0.922. The van der Waals surface area contributed by atoms with Crippen molar-refractivity contribution in [3.05, 3.63) is 43.6 Å². The summed E-state index contributed by atoms with van der Waals surface area (Å²) in [6.07, 6.45) is 0. The smallest absolute Gasteiger partial charge is 0.306 e. The molecule has 1 heterocycles. The number of hydrogen-bond acceptors (Lipinski definition) is 2. The number of H-pyrrole nitrogens is 1. The lowest BCUT2D eigenvalue weighted by atomic mass is 10.1. The molecule has 0 amide bonds. The summed E-state index contributed by atoms with van der Waals surface area (Å²) in [6.45, 7) is 1.80. The van der Waals surface area contributed by atoms with Gasteiger partial charge < -0.3 is 4.98 Å². The van der Waals surface area contributed by atoms with E-state index in [1.807, 2.05) is 0 Å². The highest BCUT2D eigenvalue weighted by atomic mass is 35.5. The lowest BCUT2D eigenvalue weighted by Gasteiger charge is -2.04. The molecule has 4 nitrogen and oxygen atoms in total. The summed E-state index contributed by atoms with van der Waals surface area (Å²) in [5.74, 6) is 0. The van der Waals surface area contributed by atoms with Gasteiger partial charge in [0.15, 0.2) is 0 Å². The van der Waals surface area contributed by atoms with Gasteiger partial charge in [-0.2, -0.15) is 0 Å². The van der Waals surface area contributed by atoms with E-state index in [-0.39, 0.29) is 5.56 Å². The Kier molecular flexibility index (Phi) is 2.16. The van der Waals surface area contributed by atoms with Crippen LogP contribution in [-0.4, -0.2) is 9.55 Å². The lowest BCUT2D eigenvalue weighted by Crippen LogP contribution is -2.32. The van der Waals surface area contributed by atoms with Crippen LogP contribution in [0.25, 0.3) is 10.9 Å². The van der Waals surface area contributed by atoms with Crippen molar-refractivity contribution in [2.24, 2.45) is 7.05 Å². The fourth-order valence-electron chi connectivity index (χ4n) is 1.54. The molecule has 2 aromatic rings. The first kappa shape index (κ1) is 9.98. The predicted molar refractivity (Wildman–Crippen MR) is 59.6 cm³/mol.